The van der Waals surface area contributed by atoms with Gasteiger partial charge >= 0.3 is 0 Å². The van der Waals surface area contributed by atoms with Crippen LogP contribution in [-0.2, 0) is 17.7 Å². The number of methoxy groups -OCH3 is 1. The summed E-state index contributed by atoms with van der Waals surface area (Å²) in [6.45, 7) is 2.48. The molecule has 0 unspecified atom stereocenters. The molecule has 0 aliphatic rings. The quantitative estimate of drug-likeness (QED) is 0.261. The van der Waals surface area contributed by atoms with Crippen molar-refractivity contribution in [2.45, 2.75) is 13.0 Å². The highest BCUT2D eigenvalue weighted by Gasteiger charge is 1.97. The number of hydrogen-bond acceptors (Lipinski definition) is 4. The fourth-order valence-corrected chi connectivity index (χ4v) is 2.64. The Labute approximate surface area is 164 Å². The number of thiophene rings is 1. The number of ether oxygens (including phenoxy) is 2. The van der Waals surface area contributed by atoms with Crippen molar-refractivity contribution in [3.63, 3.8) is 0 Å². The summed E-state index contributed by atoms with van der Waals surface area (Å²) in [5, 5.41) is 5.21. The maximum Gasteiger partial charge on any atom is 0.188 e. The van der Waals surface area contributed by atoms with Crippen LogP contribution in [0.1, 0.15) is 10.4 Å². The molecule has 24 heavy (non-hydrogen) atoms. The number of guanidine groups is 1. The van der Waals surface area contributed by atoms with E-state index in [0.717, 1.165) is 24.3 Å². The Morgan fingerprint density at radius 1 is 1.21 bits per heavy atom. The first kappa shape index (κ1) is 20.7. The van der Waals surface area contributed by atoms with E-state index < -0.39 is 0 Å². The maximum atomic E-state index is 5.88. The van der Waals surface area contributed by atoms with E-state index in [2.05, 4.69) is 27.8 Å². The Bertz CT molecular complexity index is 588. The molecule has 1 aromatic carbocycles. The minimum Gasteiger partial charge on any atom is -0.491 e. The zero-order chi connectivity index (χ0) is 16.3. The van der Waals surface area contributed by atoms with Crippen LogP contribution in [0, 0.1) is 0 Å². The van der Waals surface area contributed by atoms with Crippen LogP contribution >= 0.6 is 35.3 Å². The van der Waals surface area contributed by atoms with Crippen LogP contribution in [0.25, 0.3) is 0 Å². The third-order valence-electron chi connectivity index (χ3n) is 3.17. The Morgan fingerprint density at radius 2 is 2.00 bits per heavy atom. The first-order valence-electron chi connectivity index (χ1n) is 7.55. The second-order valence-corrected chi connectivity index (χ2v) is 5.98. The number of rotatable bonds is 9. The van der Waals surface area contributed by atoms with E-state index in [0.29, 0.717) is 25.7 Å². The molecule has 0 aliphatic carbocycles. The molecule has 2 aromatic rings. The van der Waals surface area contributed by atoms with Crippen LogP contribution in [0.5, 0.6) is 5.75 Å². The number of nitrogens with one attached hydrogen (secondary N) is 1. The molecule has 0 amide bonds. The van der Waals surface area contributed by atoms with Crippen LogP contribution < -0.4 is 15.8 Å². The van der Waals surface area contributed by atoms with Gasteiger partial charge in [-0.25, -0.2) is 4.99 Å². The van der Waals surface area contributed by atoms with E-state index in [-0.39, 0.29) is 24.0 Å². The lowest BCUT2D eigenvalue weighted by Gasteiger charge is -2.07. The molecule has 0 bridgehead atoms. The van der Waals surface area contributed by atoms with Gasteiger partial charge in [0.1, 0.15) is 12.4 Å². The zero-order valence-electron chi connectivity index (χ0n) is 13.7. The molecule has 1 heterocycles. The smallest absolute Gasteiger partial charge is 0.188 e. The van der Waals surface area contributed by atoms with Crippen molar-refractivity contribution in [2.24, 2.45) is 10.7 Å². The summed E-state index contributed by atoms with van der Waals surface area (Å²) >= 11 is 1.75. The fourth-order valence-electron chi connectivity index (χ4n) is 1.93. The molecule has 0 aliphatic heterocycles. The van der Waals surface area contributed by atoms with Crippen LogP contribution in [0.15, 0.2) is 46.8 Å². The molecule has 3 N–H and O–H groups in total. The lowest BCUT2D eigenvalue weighted by atomic mass is 10.2. The minimum atomic E-state index is 0. The molecule has 7 heteroatoms. The average molecular weight is 461 g/mol. The Balaban J connectivity index is 0.00000288. The molecular weight excluding hydrogens is 437 g/mol. The number of nitrogens with two attached hydrogens (primary N) is 1. The summed E-state index contributed by atoms with van der Waals surface area (Å²) in [4.78, 5) is 5.69. The summed E-state index contributed by atoms with van der Waals surface area (Å²) in [6.07, 6.45) is 0.960. The van der Waals surface area contributed by atoms with Gasteiger partial charge in [0.15, 0.2) is 5.96 Å². The van der Waals surface area contributed by atoms with Crippen molar-refractivity contribution in [3.05, 3.63) is 52.2 Å². The van der Waals surface area contributed by atoms with Gasteiger partial charge in [-0.3, -0.25) is 0 Å². The predicted octanol–water partition coefficient (Wildman–Crippen LogP) is 3.04. The first-order chi connectivity index (χ1) is 11.3. The van der Waals surface area contributed by atoms with E-state index in [1.54, 1.807) is 18.4 Å². The number of benzene rings is 1. The third-order valence-corrected chi connectivity index (χ3v) is 4.11. The van der Waals surface area contributed by atoms with E-state index in [1.807, 2.05) is 24.3 Å². The number of nitrogens with zero attached hydrogens (tertiary/aromatic N) is 1. The number of halogens is 1. The third kappa shape index (κ3) is 7.98. The highest BCUT2D eigenvalue weighted by Crippen LogP contribution is 2.12. The predicted molar refractivity (Wildman–Crippen MR) is 111 cm³/mol. The fraction of sp³-hybridized carbons (Fsp3) is 0.353. The molecule has 0 saturated carbocycles. The molecule has 0 spiro atoms. The topological polar surface area (TPSA) is 68.9 Å². The van der Waals surface area contributed by atoms with Crippen molar-refractivity contribution in [3.8, 4) is 5.75 Å². The molecule has 1 aromatic heterocycles. The highest BCUT2D eigenvalue weighted by atomic mass is 127. The van der Waals surface area contributed by atoms with Gasteiger partial charge in [-0.1, -0.05) is 18.2 Å². The lowest BCUT2D eigenvalue weighted by Crippen LogP contribution is -2.33. The normalized spacial score (nSPS) is 11.0. The Morgan fingerprint density at radius 3 is 2.67 bits per heavy atom. The van der Waals surface area contributed by atoms with Crippen molar-refractivity contribution < 1.29 is 9.47 Å². The maximum absolute atomic E-state index is 5.88. The van der Waals surface area contributed by atoms with Gasteiger partial charge in [0.2, 0.25) is 0 Å². The van der Waals surface area contributed by atoms with Gasteiger partial charge in [0.05, 0.1) is 13.2 Å². The van der Waals surface area contributed by atoms with E-state index in [4.69, 9.17) is 15.2 Å². The van der Waals surface area contributed by atoms with Crippen molar-refractivity contribution in [1.29, 1.82) is 0 Å². The molecule has 0 fully saturated rings. The Kier molecular flexibility index (Phi) is 10.4. The average Bonchev–Trinajstić information content (AvgIpc) is 3.08. The van der Waals surface area contributed by atoms with Gasteiger partial charge in [0.25, 0.3) is 0 Å². The molecule has 132 valence electrons. The molecule has 0 atom stereocenters. The number of hydrogen-bond donors (Lipinski definition) is 2. The van der Waals surface area contributed by atoms with E-state index in [1.165, 1.54) is 4.88 Å². The van der Waals surface area contributed by atoms with Crippen molar-refractivity contribution in [2.75, 3.05) is 26.9 Å². The number of aliphatic imine (C=N–C) groups is 1. The van der Waals surface area contributed by atoms with Crippen LogP contribution in [0.2, 0.25) is 0 Å². The molecule has 5 nitrogen and oxygen atoms in total. The van der Waals surface area contributed by atoms with E-state index >= 15 is 0 Å². The minimum absolute atomic E-state index is 0. The van der Waals surface area contributed by atoms with Gasteiger partial charge in [0, 0.05) is 18.5 Å². The zero-order valence-corrected chi connectivity index (χ0v) is 16.9. The Hall–Kier alpha value is -1.32. The second kappa shape index (κ2) is 12.1. The van der Waals surface area contributed by atoms with Crippen molar-refractivity contribution in [1.82, 2.24) is 5.32 Å². The van der Waals surface area contributed by atoms with Crippen molar-refractivity contribution >= 4 is 41.3 Å². The van der Waals surface area contributed by atoms with Gasteiger partial charge in [-0.15, -0.1) is 35.3 Å². The SMILES string of the molecule is COCCOc1ccc(CN=C(N)NCCc2cccs2)cc1.I. The summed E-state index contributed by atoms with van der Waals surface area (Å²) in [6, 6.07) is 12.0. The first-order valence-corrected chi connectivity index (χ1v) is 8.43. The summed E-state index contributed by atoms with van der Waals surface area (Å²) < 4.78 is 10.5. The van der Waals surface area contributed by atoms with Gasteiger partial charge in [-0.2, -0.15) is 0 Å². The lowest BCUT2D eigenvalue weighted by molar-refractivity contribution is 0.146. The van der Waals surface area contributed by atoms with Gasteiger partial charge < -0.3 is 20.5 Å². The molecular formula is C17H24IN3O2S. The highest BCUT2D eigenvalue weighted by molar-refractivity contribution is 14.0. The molecule has 0 radical (unpaired) electrons. The summed E-state index contributed by atoms with van der Waals surface area (Å²) in [7, 11) is 1.66. The summed E-state index contributed by atoms with van der Waals surface area (Å²) in [5.41, 5.74) is 6.97. The molecule has 2 rings (SSSR count). The summed E-state index contributed by atoms with van der Waals surface area (Å²) in [5.74, 6) is 1.30. The van der Waals surface area contributed by atoms with Crippen LogP contribution in [-0.4, -0.2) is 32.8 Å². The second-order valence-electron chi connectivity index (χ2n) is 4.94. The standard InChI is InChI=1S/C17H23N3O2S.HI/c1-21-10-11-22-15-6-4-14(5-7-15)13-20-17(18)19-9-8-16-3-2-12-23-16;/h2-7,12H,8-11,13H2,1H3,(H3,18,19,20);1H. The van der Waals surface area contributed by atoms with E-state index in [9.17, 15) is 0 Å². The van der Waals surface area contributed by atoms with Gasteiger partial charge in [-0.05, 0) is 35.6 Å². The largest absolute Gasteiger partial charge is 0.491 e. The monoisotopic (exact) mass is 461 g/mol. The molecule has 0 saturated heterocycles. The van der Waals surface area contributed by atoms with Crippen LogP contribution in [0.3, 0.4) is 0 Å². The van der Waals surface area contributed by atoms with Crippen LogP contribution in [0.4, 0.5) is 0 Å².